The summed E-state index contributed by atoms with van der Waals surface area (Å²) < 4.78 is 1.98. The van der Waals surface area contributed by atoms with Crippen molar-refractivity contribution < 1.29 is 5.11 Å². The van der Waals surface area contributed by atoms with Gasteiger partial charge < -0.3 is 5.11 Å². The summed E-state index contributed by atoms with van der Waals surface area (Å²) >= 11 is 0. The Bertz CT molecular complexity index is 268. The lowest BCUT2D eigenvalue weighted by molar-refractivity contribution is 0.116. The number of aryl methyl sites for hydroxylation is 2. The van der Waals surface area contributed by atoms with Gasteiger partial charge in [-0.1, -0.05) is 13.8 Å². The first-order valence-corrected chi connectivity index (χ1v) is 5.34. The summed E-state index contributed by atoms with van der Waals surface area (Å²) in [6.45, 7) is 7.07. The van der Waals surface area contributed by atoms with Crippen molar-refractivity contribution >= 4 is 0 Å². The van der Waals surface area contributed by atoms with E-state index in [9.17, 15) is 5.11 Å². The Morgan fingerprint density at radius 2 is 2.21 bits per heavy atom. The Hall–Kier alpha value is -0.830. The van der Waals surface area contributed by atoms with Crippen LogP contribution in [0.3, 0.4) is 0 Å². The molecular weight excluding hydrogens is 176 g/mol. The molecule has 0 spiro atoms. The monoisotopic (exact) mass is 196 g/mol. The highest BCUT2D eigenvalue weighted by Gasteiger charge is 2.10. The molecule has 0 aromatic carbocycles. The predicted octanol–water partition coefficient (Wildman–Crippen LogP) is 1.85. The Labute approximate surface area is 85.8 Å². The third-order valence-corrected chi connectivity index (χ3v) is 2.57. The van der Waals surface area contributed by atoms with Gasteiger partial charge in [-0.3, -0.25) is 4.68 Å². The van der Waals surface area contributed by atoms with Crippen LogP contribution < -0.4 is 0 Å². The van der Waals surface area contributed by atoms with Crippen molar-refractivity contribution in [1.82, 2.24) is 9.78 Å². The van der Waals surface area contributed by atoms with Gasteiger partial charge in [0.15, 0.2) is 0 Å². The van der Waals surface area contributed by atoms with E-state index in [2.05, 4.69) is 12.0 Å². The second-order valence-corrected chi connectivity index (χ2v) is 3.99. The zero-order chi connectivity index (χ0) is 10.6. The topological polar surface area (TPSA) is 38.0 Å². The molecule has 1 unspecified atom stereocenters. The van der Waals surface area contributed by atoms with Gasteiger partial charge in [0.2, 0.25) is 0 Å². The number of aliphatic hydroxyl groups excluding tert-OH is 1. The Balaban J connectivity index is 2.45. The summed E-state index contributed by atoms with van der Waals surface area (Å²) in [6.07, 6.45) is 3.35. The number of hydrogen-bond acceptors (Lipinski definition) is 2. The van der Waals surface area contributed by atoms with Gasteiger partial charge in [0.05, 0.1) is 6.10 Å². The van der Waals surface area contributed by atoms with E-state index < -0.39 is 0 Å². The molecule has 14 heavy (non-hydrogen) atoms. The van der Waals surface area contributed by atoms with Gasteiger partial charge in [-0.2, -0.15) is 5.10 Å². The third kappa shape index (κ3) is 2.84. The minimum absolute atomic E-state index is 0.199. The lowest BCUT2D eigenvalue weighted by Gasteiger charge is -2.14. The van der Waals surface area contributed by atoms with Crippen molar-refractivity contribution in [2.24, 2.45) is 5.92 Å². The number of rotatable bonds is 5. The summed E-state index contributed by atoms with van der Waals surface area (Å²) in [7, 11) is 0. The van der Waals surface area contributed by atoms with Crippen LogP contribution in [0.1, 0.15) is 32.9 Å². The molecule has 0 aliphatic rings. The van der Waals surface area contributed by atoms with Crippen LogP contribution in [0.4, 0.5) is 0 Å². The molecule has 3 heteroatoms. The Morgan fingerprint density at radius 3 is 2.79 bits per heavy atom. The molecule has 0 saturated carbocycles. The Morgan fingerprint density at radius 1 is 1.50 bits per heavy atom. The number of nitrogens with zero attached hydrogens (tertiary/aromatic N) is 2. The Kier molecular flexibility index (Phi) is 4.14. The first-order valence-electron chi connectivity index (χ1n) is 5.34. The molecule has 0 fully saturated rings. The molecule has 0 aliphatic heterocycles. The SMILES string of the molecule is CCn1nccc1CCC(O)C(C)C. The van der Waals surface area contributed by atoms with E-state index >= 15 is 0 Å². The highest BCUT2D eigenvalue weighted by molar-refractivity contribution is 5.00. The third-order valence-electron chi connectivity index (χ3n) is 2.57. The fraction of sp³-hybridized carbons (Fsp3) is 0.727. The van der Waals surface area contributed by atoms with Crippen LogP contribution in [-0.4, -0.2) is 21.0 Å². The van der Waals surface area contributed by atoms with Gasteiger partial charge in [-0.15, -0.1) is 0 Å². The summed E-state index contributed by atoms with van der Waals surface area (Å²) in [5.74, 6) is 0.341. The zero-order valence-corrected chi connectivity index (χ0v) is 9.27. The number of hydrogen-bond donors (Lipinski definition) is 1. The second kappa shape index (κ2) is 5.15. The van der Waals surface area contributed by atoms with Crippen molar-refractivity contribution in [3.8, 4) is 0 Å². The van der Waals surface area contributed by atoms with Crippen LogP contribution >= 0.6 is 0 Å². The molecule has 0 saturated heterocycles. The van der Waals surface area contributed by atoms with Crippen LogP contribution in [0.15, 0.2) is 12.3 Å². The maximum absolute atomic E-state index is 9.66. The minimum atomic E-state index is -0.199. The average molecular weight is 196 g/mol. The fourth-order valence-corrected chi connectivity index (χ4v) is 1.49. The molecule has 1 heterocycles. The first kappa shape index (κ1) is 11.2. The normalized spacial score (nSPS) is 13.5. The van der Waals surface area contributed by atoms with Crippen molar-refractivity contribution in [1.29, 1.82) is 0 Å². The molecule has 1 aromatic rings. The van der Waals surface area contributed by atoms with Gasteiger partial charge in [0.1, 0.15) is 0 Å². The summed E-state index contributed by atoms with van der Waals surface area (Å²) in [4.78, 5) is 0. The maximum Gasteiger partial charge on any atom is 0.0566 e. The molecular formula is C11H20N2O. The molecule has 80 valence electrons. The van der Waals surface area contributed by atoms with E-state index in [4.69, 9.17) is 0 Å². The molecule has 0 bridgehead atoms. The van der Waals surface area contributed by atoms with Crippen molar-refractivity contribution in [2.45, 2.75) is 46.3 Å². The quantitative estimate of drug-likeness (QED) is 0.780. The van der Waals surface area contributed by atoms with E-state index in [1.54, 1.807) is 0 Å². The molecule has 0 amide bonds. The summed E-state index contributed by atoms with van der Waals surface area (Å²) in [5, 5.41) is 13.9. The molecule has 1 rings (SSSR count). The van der Waals surface area contributed by atoms with Crippen LogP contribution in [0.5, 0.6) is 0 Å². The molecule has 3 nitrogen and oxygen atoms in total. The summed E-state index contributed by atoms with van der Waals surface area (Å²) in [6, 6.07) is 2.02. The van der Waals surface area contributed by atoms with Gasteiger partial charge in [-0.25, -0.2) is 0 Å². The lowest BCUT2D eigenvalue weighted by atomic mass is 10.0. The minimum Gasteiger partial charge on any atom is -0.393 e. The van der Waals surface area contributed by atoms with E-state index in [-0.39, 0.29) is 6.10 Å². The van der Waals surface area contributed by atoms with Gasteiger partial charge >= 0.3 is 0 Å². The van der Waals surface area contributed by atoms with Crippen LogP contribution in [0, 0.1) is 5.92 Å². The van der Waals surface area contributed by atoms with Gasteiger partial charge in [-0.05, 0) is 31.7 Å². The van der Waals surface area contributed by atoms with Gasteiger partial charge in [0, 0.05) is 18.4 Å². The lowest BCUT2D eigenvalue weighted by Crippen LogP contribution is -2.16. The van der Waals surface area contributed by atoms with Gasteiger partial charge in [0.25, 0.3) is 0 Å². The number of aliphatic hydroxyl groups is 1. The summed E-state index contributed by atoms with van der Waals surface area (Å²) in [5.41, 5.74) is 1.22. The largest absolute Gasteiger partial charge is 0.393 e. The molecule has 0 radical (unpaired) electrons. The fourth-order valence-electron chi connectivity index (χ4n) is 1.49. The predicted molar refractivity (Wildman–Crippen MR) is 57.1 cm³/mol. The van der Waals surface area contributed by atoms with E-state index in [1.165, 1.54) is 5.69 Å². The van der Waals surface area contributed by atoms with E-state index in [0.29, 0.717) is 5.92 Å². The van der Waals surface area contributed by atoms with Crippen LogP contribution in [0.25, 0.3) is 0 Å². The van der Waals surface area contributed by atoms with Crippen LogP contribution in [0.2, 0.25) is 0 Å². The second-order valence-electron chi connectivity index (χ2n) is 3.99. The van der Waals surface area contributed by atoms with E-state index in [1.807, 2.05) is 30.8 Å². The van der Waals surface area contributed by atoms with Crippen molar-refractivity contribution in [3.63, 3.8) is 0 Å². The zero-order valence-electron chi connectivity index (χ0n) is 9.27. The molecule has 0 aliphatic carbocycles. The molecule has 1 N–H and O–H groups in total. The van der Waals surface area contributed by atoms with Crippen molar-refractivity contribution in [2.75, 3.05) is 0 Å². The highest BCUT2D eigenvalue weighted by Crippen LogP contribution is 2.10. The molecule has 1 atom stereocenters. The highest BCUT2D eigenvalue weighted by atomic mass is 16.3. The van der Waals surface area contributed by atoms with Crippen molar-refractivity contribution in [3.05, 3.63) is 18.0 Å². The van der Waals surface area contributed by atoms with E-state index in [0.717, 1.165) is 19.4 Å². The molecule has 1 aromatic heterocycles. The average Bonchev–Trinajstić information content (AvgIpc) is 2.60. The first-order chi connectivity index (χ1) is 6.65. The standard InChI is InChI=1S/C11H20N2O/c1-4-13-10(7-8-12-13)5-6-11(14)9(2)3/h7-9,11,14H,4-6H2,1-3H3. The number of aromatic nitrogens is 2. The smallest absolute Gasteiger partial charge is 0.0566 e. The maximum atomic E-state index is 9.66. The van der Waals surface area contributed by atoms with Crippen LogP contribution in [-0.2, 0) is 13.0 Å².